The number of aromatic nitrogens is 2. The van der Waals surface area contributed by atoms with Crippen LogP contribution in [-0.2, 0) is 6.42 Å². The van der Waals surface area contributed by atoms with E-state index in [0.717, 1.165) is 23.6 Å². The molecule has 2 aromatic rings. The van der Waals surface area contributed by atoms with Crippen molar-refractivity contribution in [1.29, 1.82) is 0 Å². The van der Waals surface area contributed by atoms with Gasteiger partial charge in [0.1, 0.15) is 5.75 Å². The van der Waals surface area contributed by atoms with Crippen LogP contribution in [0.2, 0.25) is 0 Å². The molecule has 2 rings (SSSR count). The lowest BCUT2D eigenvalue weighted by Crippen LogP contribution is -2.10. The average molecular weight is 290 g/mol. The van der Waals surface area contributed by atoms with Crippen LogP contribution in [0.3, 0.4) is 0 Å². The number of nitrogens with zero attached hydrogens (tertiary/aromatic N) is 1. The first-order valence-corrected chi connectivity index (χ1v) is 7.58. The fourth-order valence-corrected chi connectivity index (χ4v) is 2.38. The Balaban J connectivity index is 1.82. The van der Waals surface area contributed by atoms with E-state index in [4.69, 9.17) is 4.74 Å². The molecule has 0 bridgehead atoms. The van der Waals surface area contributed by atoms with E-state index in [-0.39, 0.29) is 5.56 Å². The number of aromatic amines is 1. The zero-order valence-electron chi connectivity index (χ0n) is 11.7. The Labute approximate surface area is 122 Å². The van der Waals surface area contributed by atoms with Crippen LogP contribution in [0.15, 0.2) is 40.3 Å². The maximum absolute atomic E-state index is 11.4. The van der Waals surface area contributed by atoms with Crippen LogP contribution in [-0.4, -0.2) is 22.3 Å². The van der Waals surface area contributed by atoms with Crippen molar-refractivity contribution in [2.45, 2.75) is 25.4 Å². The summed E-state index contributed by atoms with van der Waals surface area (Å²) < 4.78 is 5.63. The van der Waals surface area contributed by atoms with Gasteiger partial charge in [-0.15, -0.1) is 0 Å². The minimum atomic E-state index is -0.0983. The molecule has 0 aliphatic rings. The average Bonchev–Trinajstić information content (AvgIpc) is 2.45. The van der Waals surface area contributed by atoms with Crippen molar-refractivity contribution in [3.8, 4) is 5.75 Å². The molecule has 1 N–H and O–H groups in total. The summed E-state index contributed by atoms with van der Waals surface area (Å²) in [6, 6.07) is 9.49. The fourth-order valence-electron chi connectivity index (χ4n) is 1.67. The highest BCUT2D eigenvalue weighted by Crippen LogP contribution is 2.14. The minimum absolute atomic E-state index is 0.0983. The lowest BCUT2D eigenvalue weighted by molar-refractivity contribution is 0.344. The van der Waals surface area contributed by atoms with Crippen molar-refractivity contribution in [1.82, 2.24) is 9.97 Å². The summed E-state index contributed by atoms with van der Waals surface area (Å²) in [5, 5.41) is 0.654. The number of benzene rings is 1. The van der Waals surface area contributed by atoms with Crippen LogP contribution in [0, 0.1) is 6.92 Å². The van der Waals surface area contributed by atoms with E-state index >= 15 is 0 Å². The monoisotopic (exact) mass is 290 g/mol. The third kappa shape index (κ3) is 4.42. The molecule has 106 valence electrons. The molecule has 0 unspecified atom stereocenters. The van der Waals surface area contributed by atoms with Crippen molar-refractivity contribution >= 4 is 11.8 Å². The van der Waals surface area contributed by atoms with E-state index in [1.807, 2.05) is 38.1 Å². The predicted molar refractivity (Wildman–Crippen MR) is 81.6 cm³/mol. The van der Waals surface area contributed by atoms with Gasteiger partial charge in [0.15, 0.2) is 5.16 Å². The van der Waals surface area contributed by atoms with Gasteiger partial charge in [-0.2, -0.15) is 0 Å². The van der Waals surface area contributed by atoms with Crippen LogP contribution in [0.4, 0.5) is 0 Å². The van der Waals surface area contributed by atoms with Gasteiger partial charge in [-0.3, -0.25) is 4.79 Å². The third-order valence-electron chi connectivity index (χ3n) is 2.75. The summed E-state index contributed by atoms with van der Waals surface area (Å²) in [4.78, 5) is 18.5. The summed E-state index contributed by atoms with van der Waals surface area (Å²) in [5.74, 6) is 1.60. The van der Waals surface area contributed by atoms with Crippen LogP contribution < -0.4 is 10.3 Å². The number of hydrogen-bond donors (Lipinski definition) is 1. The first-order valence-electron chi connectivity index (χ1n) is 6.60. The third-order valence-corrected chi connectivity index (χ3v) is 3.58. The van der Waals surface area contributed by atoms with Crippen molar-refractivity contribution in [2.24, 2.45) is 0 Å². The van der Waals surface area contributed by atoms with E-state index in [1.165, 1.54) is 23.4 Å². The molecular formula is C15H18N2O2S. The molecular weight excluding hydrogens is 272 g/mol. The number of rotatable bonds is 6. The maximum atomic E-state index is 11.4. The van der Waals surface area contributed by atoms with E-state index in [0.29, 0.717) is 11.8 Å². The Kier molecular flexibility index (Phi) is 5.24. The molecule has 1 heterocycles. The van der Waals surface area contributed by atoms with Crippen molar-refractivity contribution in [2.75, 3.05) is 12.4 Å². The predicted octanol–water partition coefficient (Wildman–Crippen LogP) is 2.81. The van der Waals surface area contributed by atoms with Crippen LogP contribution in [0.1, 0.15) is 18.2 Å². The molecule has 5 heteroatoms. The zero-order valence-corrected chi connectivity index (χ0v) is 12.5. The molecule has 20 heavy (non-hydrogen) atoms. The van der Waals surface area contributed by atoms with E-state index in [1.54, 1.807) is 0 Å². The molecule has 0 amide bonds. The number of nitrogens with one attached hydrogen (secondary N) is 1. The molecule has 0 aliphatic carbocycles. The Morgan fingerprint density at radius 1 is 1.30 bits per heavy atom. The van der Waals surface area contributed by atoms with Gasteiger partial charge in [-0.05, 0) is 25.5 Å². The summed E-state index contributed by atoms with van der Waals surface area (Å²) in [7, 11) is 0. The zero-order chi connectivity index (χ0) is 14.4. The SMILES string of the molecule is CCc1cc(=O)[nH]c(SCCOc2ccc(C)cc2)n1. The second-order valence-electron chi connectivity index (χ2n) is 4.41. The fraction of sp³-hybridized carbons (Fsp3) is 0.333. The topological polar surface area (TPSA) is 55.0 Å². The van der Waals surface area contributed by atoms with Gasteiger partial charge in [-0.1, -0.05) is 36.4 Å². The highest BCUT2D eigenvalue weighted by molar-refractivity contribution is 7.99. The largest absolute Gasteiger partial charge is 0.493 e. The molecule has 0 spiro atoms. The Hall–Kier alpha value is -1.75. The van der Waals surface area contributed by atoms with E-state index in [9.17, 15) is 4.79 Å². The number of aryl methyl sites for hydroxylation is 2. The second-order valence-corrected chi connectivity index (χ2v) is 5.49. The van der Waals surface area contributed by atoms with Gasteiger partial charge < -0.3 is 9.72 Å². The summed E-state index contributed by atoms with van der Waals surface area (Å²) in [6.07, 6.45) is 0.761. The normalized spacial score (nSPS) is 10.5. The smallest absolute Gasteiger partial charge is 0.251 e. The molecule has 0 radical (unpaired) electrons. The van der Waals surface area contributed by atoms with Crippen LogP contribution in [0.5, 0.6) is 5.75 Å². The summed E-state index contributed by atoms with van der Waals surface area (Å²) in [6.45, 7) is 4.60. The number of ether oxygens (including phenoxy) is 1. The lowest BCUT2D eigenvalue weighted by Gasteiger charge is -2.06. The number of H-pyrrole nitrogens is 1. The molecule has 0 fully saturated rings. The number of thioether (sulfide) groups is 1. The Bertz CT molecular complexity index is 608. The molecule has 1 aromatic heterocycles. The van der Waals surface area contributed by atoms with Gasteiger partial charge in [0.25, 0.3) is 5.56 Å². The van der Waals surface area contributed by atoms with Crippen LogP contribution >= 0.6 is 11.8 Å². The quantitative estimate of drug-likeness (QED) is 0.505. The number of hydrogen-bond acceptors (Lipinski definition) is 4. The highest BCUT2D eigenvalue weighted by Gasteiger charge is 2.01. The van der Waals surface area contributed by atoms with E-state index in [2.05, 4.69) is 9.97 Å². The van der Waals surface area contributed by atoms with Gasteiger partial charge in [0.2, 0.25) is 0 Å². The molecule has 0 saturated heterocycles. The molecule has 0 saturated carbocycles. The first-order chi connectivity index (χ1) is 9.67. The van der Waals surface area contributed by atoms with Crippen molar-refractivity contribution in [3.05, 3.63) is 51.9 Å². The lowest BCUT2D eigenvalue weighted by atomic mass is 10.2. The Morgan fingerprint density at radius 2 is 2.05 bits per heavy atom. The second kappa shape index (κ2) is 7.14. The first kappa shape index (κ1) is 14.7. The van der Waals surface area contributed by atoms with Gasteiger partial charge in [0.05, 0.1) is 6.61 Å². The summed E-state index contributed by atoms with van der Waals surface area (Å²) in [5.41, 5.74) is 1.93. The molecule has 0 atom stereocenters. The van der Waals surface area contributed by atoms with Gasteiger partial charge in [-0.25, -0.2) is 4.98 Å². The van der Waals surface area contributed by atoms with Crippen molar-refractivity contribution < 1.29 is 4.74 Å². The van der Waals surface area contributed by atoms with Crippen molar-refractivity contribution in [3.63, 3.8) is 0 Å². The summed E-state index contributed by atoms with van der Waals surface area (Å²) >= 11 is 1.49. The Morgan fingerprint density at radius 3 is 2.75 bits per heavy atom. The molecule has 0 aliphatic heterocycles. The van der Waals surface area contributed by atoms with Gasteiger partial charge in [0, 0.05) is 17.5 Å². The maximum Gasteiger partial charge on any atom is 0.251 e. The molecule has 4 nitrogen and oxygen atoms in total. The highest BCUT2D eigenvalue weighted by atomic mass is 32.2. The van der Waals surface area contributed by atoms with Crippen LogP contribution in [0.25, 0.3) is 0 Å². The minimum Gasteiger partial charge on any atom is -0.493 e. The van der Waals surface area contributed by atoms with E-state index < -0.39 is 0 Å². The standard InChI is InChI=1S/C15H18N2O2S/c1-3-12-10-14(18)17-15(16-12)20-9-8-19-13-6-4-11(2)5-7-13/h4-7,10H,3,8-9H2,1-2H3,(H,16,17,18). The molecule has 1 aromatic carbocycles. The van der Waals surface area contributed by atoms with Gasteiger partial charge >= 0.3 is 0 Å².